The van der Waals surface area contributed by atoms with Gasteiger partial charge in [-0.1, -0.05) is 152 Å². The second-order valence-electron chi connectivity index (χ2n) is 16.2. The van der Waals surface area contributed by atoms with E-state index in [1.165, 1.54) is 88.5 Å². The van der Waals surface area contributed by atoms with Crippen LogP contribution in [0.5, 0.6) is 11.5 Å². The van der Waals surface area contributed by atoms with Gasteiger partial charge in [0.05, 0.1) is 5.41 Å². The van der Waals surface area contributed by atoms with E-state index < -0.39 is 5.41 Å². The van der Waals surface area contributed by atoms with Gasteiger partial charge in [-0.2, -0.15) is 0 Å². The molecule has 2 heterocycles. The van der Waals surface area contributed by atoms with E-state index in [4.69, 9.17) is 9.15 Å². The molecule has 1 aliphatic heterocycles. The van der Waals surface area contributed by atoms with Crippen molar-refractivity contribution >= 4 is 43.5 Å². The van der Waals surface area contributed by atoms with Crippen molar-refractivity contribution in [1.82, 2.24) is 0 Å². The number of fused-ring (bicyclic) bond motifs is 17. The Morgan fingerprint density at radius 1 is 0.339 bits per heavy atom. The van der Waals surface area contributed by atoms with E-state index in [1.54, 1.807) is 0 Å². The van der Waals surface area contributed by atoms with E-state index in [2.05, 4.69) is 182 Å². The predicted molar refractivity (Wildman–Crippen MR) is 241 cm³/mol. The van der Waals surface area contributed by atoms with Gasteiger partial charge in [-0.05, 0) is 131 Å². The minimum Gasteiger partial charge on any atom is -0.456 e. The van der Waals surface area contributed by atoms with Crippen LogP contribution < -0.4 is 4.74 Å². The minimum atomic E-state index is -0.551. The molecule has 0 amide bonds. The Kier molecular flexibility index (Phi) is 5.99. The standard InChI is InChI=1S/C57H32O2/c1-2-13-37-33(12-1)30-45(34-25-28-52-46(31-34)41-17-6-10-23-51(41)58-52)55-44-26-24-35(36-27-29-53-54-42(36)18-11-19-43(54)40-16-5-9-22-50(40)59-53)32-49(44)57(56(37)55)47-20-7-3-14-38(47)39-15-4-8-21-48(39)57/h1-32H. The maximum absolute atomic E-state index is 6.55. The lowest BCUT2D eigenvalue weighted by molar-refractivity contribution is 0.487. The summed E-state index contributed by atoms with van der Waals surface area (Å²) in [6.45, 7) is 0. The highest BCUT2D eigenvalue weighted by Crippen LogP contribution is 2.66. The van der Waals surface area contributed by atoms with Gasteiger partial charge >= 0.3 is 0 Å². The fraction of sp³-hybridized carbons (Fsp3) is 0.0175. The Bertz CT molecular complexity index is 3610. The van der Waals surface area contributed by atoms with E-state index in [1.807, 2.05) is 12.1 Å². The van der Waals surface area contributed by atoms with E-state index in [0.717, 1.165) is 44.4 Å². The highest BCUT2D eigenvalue weighted by atomic mass is 16.5. The third-order valence-corrected chi connectivity index (χ3v) is 13.5. The zero-order valence-electron chi connectivity index (χ0n) is 31.8. The summed E-state index contributed by atoms with van der Waals surface area (Å²) in [5.41, 5.74) is 18.9. The molecule has 2 aliphatic carbocycles. The van der Waals surface area contributed by atoms with Crippen LogP contribution in [0.15, 0.2) is 199 Å². The van der Waals surface area contributed by atoms with Crippen molar-refractivity contribution in [2.24, 2.45) is 0 Å². The predicted octanol–water partition coefficient (Wildman–Crippen LogP) is 15.3. The number of hydrogen-bond acceptors (Lipinski definition) is 2. The molecular weight excluding hydrogens is 717 g/mol. The molecule has 0 unspecified atom stereocenters. The van der Waals surface area contributed by atoms with Gasteiger partial charge in [0.25, 0.3) is 0 Å². The van der Waals surface area contributed by atoms with Crippen LogP contribution in [0.25, 0.3) is 99.1 Å². The first-order chi connectivity index (χ1) is 29.3. The molecule has 10 aromatic carbocycles. The van der Waals surface area contributed by atoms with Crippen molar-refractivity contribution in [2.75, 3.05) is 0 Å². The molecule has 272 valence electrons. The molecule has 0 saturated heterocycles. The van der Waals surface area contributed by atoms with Gasteiger partial charge in [0.2, 0.25) is 0 Å². The van der Waals surface area contributed by atoms with Gasteiger partial charge in [0.15, 0.2) is 0 Å². The van der Waals surface area contributed by atoms with Gasteiger partial charge in [-0.25, -0.2) is 0 Å². The largest absolute Gasteiger partial charge is 0.456 e. The lowest BCUT2D eigenvalue weighted by atomic mass is 9.68. The highest BCUT2D eigenvalue weighted by molar-refractivity contribution is 6.13. The fourth-order valence-corrected chi connectivity index (χ4v) is 11.1. The molecule has 0 fully saturated rings. The molecule has 0 bridgehead atoms. The minimum absolute atomic E-state index is 0.551. The highest BCUT2D eigenvalue weighted by Gasteiger charge is 2.53. The molecule has 59 heavy (non-hydrogen) atoms. The SMILES string of the molecule is c1ccc2c(c1)Oc1ccc(-c3ccc4c(c3)C3(c5ccccc5-c5ccccc53)c3c-4c(-c4ccc5oc6ccccc6c5c4)cc4ccccc34)c3cccc-2c13. The molecule has 0 saturated carbocycles. The molecule has 0 radical (unpaired) electrons. The molecule has 3 aliphatic rings. The summed E-state index contributed by atoms with van der Waals surface area (Å²) in [5.74, 6) is 1.81. The Balaban J connectivity index is 1.11. The van der Waals surface area contributed by atoms with E-state index in [-0.39, 0.29) is 0 Å². The summed E-state index contributed by atoms with van der Waals surface area (Å²) >= 11 is 0. The van der Waals surface area contributed by atoms with Crippen LogP contribution in [0.3, 0.4) is 0 Å². The third kappa shape index (κ3) is 3.96. The summed E-state index contributed by atoms with van der Waals surface area (Å²) < 4.78 is 12.9. The smallest absolute Gasteiger partial charge is 0.135 e. The van der Waals surface area contributed by atoms with Crippen LogP contribution in [0.2, 0.25) is 0 Å². The second kappa shape index (κ2) is 11.2. The molecule has 2 nitrogen and oxygen atoms in total. The van der Waals surface area contributed by atoms with Gasteiger partial charge in [0, 0.05) is 21.7 Å². The van der Waals surface area contributed by atoms with Crippen LogP contribution >= 0.6 is 0 Å². The average molecular weight is 749 g/mol. The average Bonchev–Trinajstić information content (AvgIpc) is 3.93. The second-order valence-corrected chi connectivity index (χ2v) is 16.2. The molecular formula is C57H32O2. The third-order valence-electron chi connectivity index (χ3n) is 13.5. The van der Waals surface area contributed by atoms with Crippen LogP contribution in [-0.4, -0.2) is 0 Å². The first-order valence-electron chi connectivity index (χ1n) is 20.4. The molecule has 1 aromatic heterocycles. The Labute approximate surface area is 340 Å². The lowest BCUT2D eigenvalue weighted by Gasteiger charge is -2.32. The van der Waals surface area contributed by atoms with Crippen molar-refractivity contribution in [1.29, 1.82) is 0 Å². The van der Waals surface area contributed by atoms with E-state index in [9.17, 15) is 0 Å². The van der Waals surface area contributed by atoms with Crippen molar-refractivity contribution in [2.45, 2.75) is 5.41 Å². The first-order valence-corrected chi connectivity index (χ1v) is 20.4. The van der Waals surface area contributed by atoms with Gasteiger partial charge < -0.3 is 9.15 Å². The monoisotopic (exact) mass is 748 g/mol. The van der Waals surface area contributed by atoms with Gasteiger partial charge in [-0.3, -0.25) is 0 Å². The number of benzene rings is 10. The van der Waals surface area contributed by atoms with Crippen molar-refractivity contribution < 1.29 is 9.15 Å². The number of para-hydroxylation sites is 2. The Hall–Kier alpha value is -7.68. The van der Waals surface area contributed by atoms with Crippen LogP contribution in [0.4, 0.5) is 0 Å². The molecule has 11 aromatic rings. The van der Waals surface area contributed by atoms with Crippen molar-refractivity contribution in [3.8, 4) is 67.1 Å². The normalized spacial score (nSPS) is 13.7. The first kappa shape index (κ1) is 31.4. The van der Waals surface area contributed by atoms with Gasteiger partial charge in [-0.15, -0.1) is 0 Å². The number of hydrogen-bond donors (Lipinski definition) is 0. The maximum Gasteiger partial charge on any atom is 0.135 e. The van der Waals surface area contributed by atoms with Gasteiger partial charge in [0.1, 0.15) is 22.7 Å². The number of ether oxygens (including phenoxy) is 1. The fourth-order valence-electron chi connectivity index (χ4n) is 11.1. The Morgan fingerprint density at radius 2 is 0.983 bits per heavy atom. The van der Waals surface area contributed by atoms with E-state index >= 15 is 0 Å². The molecule has 0 atom stereocenters. The summed E-state index contributed by atoms with van der Waals surface area (Å²) in [6.07, 6.45) is 0. The summed E-state index contributed by atoms with van der Waals surface area (Å²) in [5, 5.41) is 7.14. The van der Waals surface area contributed by atoms with Crippen LogP contribution in [0, 0.1) is 0 Å². The zero-order chi connectivity index (χ0) is 38.4. The lowest BCUT2D eigenvalue weighted by Crippen LogP contribution is -2.26. The topological polar surface area (TPSA) is 22.4 Å². The number of furan rings is 1. The maximum atomic E-state index is 6.55. The zero-order valence-corrected chi connectivity index (χ0v) is 31.8. The quantitative estimate of drug-likeness (QED) is 0.176. The van der Waals surface area contributed by atoms with Crippen LogP contribution in [-0.2, 0) is 5.41 Å². The Morgan fingerprint density at radius 3 is 1.85 bits per heavy atom. The molecule has 2 heteroatoms. The number of rotatable bonds is 2. The summed E-state index contributed by atoms with van der Waals surface area (Å²) in [4.78, 5) is 0. The molecule has 0 N–H and O–H groups in total. The van der Waals surface area contributed by atoms with E-state index in [0.29, 0.717) is 0 Å². The van der Waals surface area contributed by atoms with Crippen molar-refractivity contribution in [3.63, 3.8) is 0 Å². The van der Waals surface area contributed by atoms with Crippen LogP contribution in [0.1, 0.15) is 22.3 Å². The summed E-state index contributed by atoms with van der Waals surface area (Å²) in [7, 11) is 0. The summed E-state index contributed by atoms with van der Waals surface area (Å²) in [6, 6.07) is 71.5. The molecule has 14 rings (SSSR count). The molecule has 1 spiro atoms. The van der Waals surface area contributed by atoms with Crippen molar-refractivity contribution in [3.05, 3.63) is 216 Å².